The van der Waals surface area contributed by atoms with Crippen LogP contribution >= 0.6 is 0 Å². The number of methoxy groups -OCH3 is 1. The molecule has 4 unspecified atom stereocenters. The lowest BCUT2D eigenvalue weighted by Crippen LogP contribution is -2.53. The molecule has 2 aliphatic heterocycles. The molecule has 4 heterocycles. The lowest BCUT2D eigenvalue weighted by molar-refractivity contribution is -0.0204. The molecule has 0 spiro atoms. The molecule has 5 fully saturated rings. The van der Waals surface area contributed by atoms with Gasteiger partial charge in [-0.2, -0.15) is 0 Å². The standard InChI is InChI=1S/C33H36N4O4S/c1-41-29-14-23(33(38)36-17-24-10-22-13-27(36)30(22)24)11-25-31(29)37(16-20-8-9-42(39,40)18-20)32(34-25)28-12-21-4-2-3-5-26(21)35(28)15-19-6-7-19/h2-5,11-12,14,19-20,22,24,27,30H,6-10,13,15-18H2,1H3/t20?,22?,24?,27?,30-/m1/s1. The zero-order valence-electron chi connectivity index (χ0n) is 23.9. The number of benzene rings is 2. The average molecular weight is 585 g/mol. The van der Waals surface area contributed by atoms with Gasteiger partial charge in [0, 0.05) is 42.1 Å². The lowest BCUT2D eigenvalue weighted by atomic mass is 9.53. The van der Waals surface area contributed by atoms with Crippen LogP contribution in [-0.2, 0) is 22.9 Å². The van der Waals surface area contributed by atoms with E-state index in [9.17, 15) is 13.2 Å². The third kappa shape index (κ3) is 3.74. The van der Waals surface area contributed by atoms with Crippen LogP contribution < -0.4 is 4.74 Å². The summed E-state index contributed by atoms with van der Waals surface area (Å²) < 4.78 is 35.4. The number of carbonyl (C=O) groups excluding carboxylic acids is 1. The van der Waals surface area contributed by atoms with E-state index < -0.39 is 9.84 Å². The minimum atomic E-state index is -3.03. The fraction of sp³-hybridized carbons (Fsp3) is 0.515. The molecule has 4 aromatic rings. The first-order valence-electron chi connectivity index (χ1n) is 15.5. The van der Waals surface area contributed by atoms with Crippen molar-refractivity contribution in [2.24, 2.45) is 29.6 Å². The average Bonchev–Trinajstić information content (AvgIpc) is 3.48. The lowest BCUT2D eigenvalue weighted by Gasteiger charge is -2.52. The molecule has 0 bridgehead atoms. The van der Waals surface area contributed by atoms with Crippen LogP contribution in [0.15, 0.2) is 42.5 Å². The van der Waals surface area contributed by atoms with Crippen LogP contribution in [0, 0.1) is 29.6 Å². The van der Waals surface area contributed by atoms with E-state index in [1.165, 1.54) is 30.2 Å². The van der Waals surface area contributed by atoms with E-state index in [0.717, 1.165) is 48.0 Å². The van der Waals surface area contributed by atoms with Gasteiger partial charge in [0.1, 0.15) is 11.3 Å². The van der Waals surface area contributed by atoms with E-state index in [-0.39, 0.29) is 23.3 Å². The third-order valence-electron chi connectivity index (χ3n) is 11.0. The maximum Gasteiger partial charge on any atom is 0.254 e. The number of nitrogens with zero attached hydrogens (tertiary/aromatic N) is 4. The van der Waals surface area contributed by atoms with Gasteiger partial charge in [0.2, 0.25) is 0 Å². The summed E-state index contributed by atoms with van der Waals surface area (Å²) in [6, 6.07) is 14.9. The van der Waals surface area contributed by atoms with Crippen molar-refractivity contribution in [3.8, 4) is 17.3 Å². The second kappa shape index (κ2) is 8.85. The van der Waals surface area contributed by atoms with E-state index in [0.29, 0.717) is 48.1 Å². The van der Waals surface area contributed by atoms with Crippen molar-refractivity contribution in [3.63, 3.8) is 0 Å². The highest BCUT2D eigenvalue weighted by Gasteiger charge is 2.61. The van der Waals surface area contributed by atoms with E-state index >= 15 is 0 Å². The van der Waals surface area contributed by atoms with Gasteiger partial charge in [-0.1, -0.05) is 18.2 Å². The predicted molar refractivity (Wildman–Crippen MR) is 161 cm³/mol. The molecule has 3 saturated carbocycles. The van der Waals surface area contributed by atoms with Crippen LogP contribution in [0.25, 0.3) is 33.5 Å². The summed E-state index contributed by atoms with van der Waals surface area (Å²) in [7, 11) is -1.39. The van der Waals surface area contributed by atoms with Gasteiger partial charge in [0.15, 0.2) is 15.7 Å². The Labute approximate surface area is 245 Å². The first kappa shape index (κ1) is 25.2. The molecule has 9 heteroatoms. The third-order valence-corrected chi connectivity index (χ3v) is 12.8. The Morgan fingerprint density at radius 2 is 1.83 bits per heavy atom. The van der Waals surface area contributed by atoms with Gasteiger partial charge in [-0.15, -0.1) is 0 Å². The summed E-state index contributed by atoms with van der Waals surface area (Å²) in [5.74, 6) is 4.81. The fourth-order valence-electron chi connectivity index (χ4n) is 8.67. The number of sulfone groups is 1. The largest absolute Gasteiger partial charge is 0.494 e. The Hall–Kier alpha value is -3.33. The van der Waals surface area contributed by atoms with Gasteiger partial charge in [-0.05, 0) is 86.0 Å². The number of ether oxygens (including phenoxy) is 1. The number of hydrogen-bond donors (Lipinski definition) is 0. The molecular formula is C33H36N4O4S. The molecule has 9 rings (SSSR count). The van der Waals surface area contributed by atoms with Crippen molar-refractivity contribution in [2.45, 2.75) is 51.2 Å². The van der Waals surface area contributed by atoms with E-state index in [1.54, 1.807) is 7.11 Å². The molecule has 42 heavy (non-hydrogen) atoms. The van der Waals surface area contributed by atoms with Crippen LogP contribution in [0.5, 0.6) is 5.75 Å². The van der Waals surface area contributed by atoms with Gasteiger partial charge in [0.25, 0.3) is 5.91 Å². The summed E-state index contributed by atoms with van der Waals surface area (Å²) in [5.41, 5.74) is 4.41. The van der Waals surface area contributed by atoms with Crippen molar-refractivity contribution < 1.29 is 17.9 Å². The summed E-state index contributed by atoms with van der Waals surface area (Å²) in [5, 5.41) is 1.17. The summed E-state index contributed by atoms with van der Waals surface area (Å²) in [6.07, 6.45) is 5.53. The van der Waals surface area contributed by atoms with Crippen molar-refractivity contribution in [2.75, 3.05) is 25.2 Å². The van der Waals surface area contributed by atoms with E-state index in [4.69, 9.17) is 9.72 Å². The van der Waals surface area contributed by atoms with Crippen molar-refractivity contribution in [1.29, 1.82) is 0 Å². The highest BCUT2D eigenvalue weighted by Crippen LogP contribution is 2.60. The number of para-hydroxylation sites is 1. The second-order valence-electron chi connectivity index (χ2n) is 13.6. The van der Waals surface area contributed by atoms with Gasteiger partial charge in [0.05, 0.1) is 29.8 Å². The molecule has 218 valence electrons. The van der Waals surface area contributed by atoms with Crippen LogP contribution in [-0.4, -0.2) is 64.5 Å². The van der Waals surface area contributed by atoms with Crippen molar-refractivity contribution in [1.82, 2.24) is 19.0 Å². The molecule has 2 aromatic carbocycles. The van der Waals surface area contributed by atoms with Crippen LogP contribution in [0.3, 0.4) is 0 Å². The minimum Gasteiger partial charge on any atom is -0.494 e. The molecule has 5 atom stereocenters. The number of amides is 1. The van der Waals surface area contributed by atoms with E-state index in [1.807, 2.05) is 12.1 Å². The number of aromatic nitrogens is 3. The topological polar surface area (TPSA) is 86.4 Å². The van der Waals surface area contributed by atoms with Crippen LogP contribution in [0.2, 0.25) is 0 Å². The first-order chi connectivity index (χ1) is 20.4. The normalized spacial score (nSPS) is 29.1. The second-order valence-corrected chi connectivity index (χ2v) is 15.8. The monoisotopic (exact) mass is 584 g/mol. The molecule has 5 aliphatic rings. The Kier molecular flexibility index (Phi) is 5.31. The minimum absolute atomic E-state index is 0.00469. The number of likely N-dealkylation sites (tertiary alicyclic amines) is 1. The number of rotatable bonds is 7. The molecule has 1 amide bonds. The molecule has 2 saturated heterocycles. The van der Waals surface area contributed by atoms with Crippen LogP contribution in [0.4, 0.5) is 0 Å². The molecule has 8 nitrogen and oxygen atoms in total. The van der Waals surface area contributed by atoms with E-state index in [2.05, 4.69) is 44.4 Å². The van der Waals surface area contributed by atoms with Gasteiger partial charge < -0.3 is 18.8 Å². The predicted octanol–water partition coefficient (Wildman–Crippen LogP) is 4.99. The van der Waals surface area contributed by atoms with Crippen molar-refractivity contribution >= 4 is 37.7 Å². The Balaban J connectivity index is 1.20. The summed E-state index contributed by atoms with van der Waals surface area (Å²) in [6.45, 7) is 2.34. The molecule has 0 N–H and O–H groups in total. The highest BCUT2D eigenvalue weighted by molar-refractivity contribution is 7.91. The highest BCUT2D eigenvalue weighted by atomic mass is 32.2. The molecular weight excluding hydrogens is 548 g/mol. The van der Waals surface area contributed by atoms with Crippen molar-refractivity contribution in [3.05, 3.63) is 48.0 Å². The van der Waals surface area contributed by atoms with Gasteiger partial charge in [-0.25, -0.2) is 13.4 Å². The first-order valence-corrected chi connectivity index (χ1v) is 17.4. The number of hydrogen-bond acceptors (Lipinski definition) is 5. The number of fused-ring (bicyclic) bond motifs is 2. The fourth-order valence-corrected chi connectivity index (χ4v) is 10.5. The van der Waals surface area contributed by atoms with Crippen LogP contribution in [0.1, 0.15) is 42.5 Å². The summed E-state index contributed by atoms with van der Waals surface area (Å²) >= 11 is 0. The molecule has 2 aromatic heterocycles. The number of carbonyl (C=O) groups is 1. The quantitative estimate of drug-likeness (QED) is 0.306. The number of imidazole rings is 1. The smallest absolute Gasteiger partial charge is 0.254 e. The maximum atomic E-state index is 13.9. The zero-order valence-corrected chi connectivity index (χ0v) is 24.7. The van der Waals surface area contributed by atoms with Gasteiger partial charge >= 0.3 is 0 Å². The maximum absolute atomic E-state index is 13.9. The van der Waals surface area contributed by atoms with Gasteiger partial charge in [-0.3, -0.25) is 4.79 Å². The molecule has 3 aliphatic carbocycles. The molecule has 0 radical (unpaired) electrons. The summed E-state index contributed by atoms with van der Waals surface area (Å²) in [4.78, 5) is 21.2. The Morgan fingerprint density at radius 3 is 2.57 bits per heavy atom. The SMILES string of the molecule is COc1cc(C(=O)N2CC3CC4CC2[C@H]43)cc2nc(-c3cc4ccccc4n3CC3CC3)n(CC3CCS(=O)(=O)C3)c12. The Morgan fingerprint density at radius 1 is 1.00 bits per heavy atom. The zero-order chi connectivity index (χ0) is 28.3. The Bertz CT molecular complexity index is 1890.